The number of ether oxygens (including phenoxy) is 1. The first-order valence-electron chi connectivity index (χ1n) is 7.97. The molecule has 124 valence electrons. The predicted octanol–water partition coefficient (Wildman–Crippen LogP) is 1.96. The SMILES string of the molecule is CC(C)(C)OC(=O)NCC(C)(CN)c1cn2c(n1)CCCC2. The summed E-state index contributed by atoms with van der Waals surface area (Å²) < 4.78 is 7.49. The van der Waals surface area contributed by atoms with E-state index < -0.39 is 11.7 Å². The van der Waals surface area contributed by atoms with E-state index in [0.717, 1.165) is 24.5 Å². The molecule has 1 atom stereocenters. The van der Waals surface area contributed by atoms with Crippen LogP contribution in [0.25, 0.3) is 0 Å². The number of aromatic nitrogens is 2. The average Bonchev–Trinajstić information content (AvgIpc) is 2.87. The van der Waals surface area contributed by atoms with Crippen LogP contribution in [0.3, 0.4) is 0 Å². The van der Waals surface area contributed by atoms with Crippen LogP contribution in [0.4, 0.5) is 4.79 Å². The molecule has 0 spiro atoms. The number of nitrogens with one attached hydrogen (secondary N) is 1. The number of alkyl carbamates (subject to hydrolysis) is 1. The smallest absolute Gasteiger partial charge is 0.407 e. The Morgan fingerprint density at radius 2 is 2.14 bits per heavy atom. The second-order valence-corrected chi connectivity index (χ2v) is 7.31. The van der Waals surface area contributed by atoms with Crippen molar-refractivity contribution in [2.24, 2.45) is 5.73 Å². The Kier molecular flexibility index (Phi) is 4.80. The quantitative estimate of drug-likeness (QED) is 0.891. The molecule has 0 aliphatic carbocycles. The molecular formula is C16H28N4O2. The molecule has 1 amide bonds. The highest BCUT2D eigenvalue weighted by Crippen LogP contribution is 2.24. The first-order valence-corrected chi connectivity index (χ1v) is 7.97. The zero-order valence-electron chi connectivity index (χ0n) is 14.1. The van der Waals surface area contributed by atoms with Gasteiger partial charge < -0.3 is 20.4 Å². The molecule has 6 nitrogen and oxygen atoms in total. The Hall–Kier alpha value is -1.56. The van der Waals surface area contributed by atoms with E-state index in [-0.39, 0.29) is 5.41 Å². The number of aryl methyl sites for hydroxylation is 2. The third-order valence-corrected chi connectivity index (χ3v) is 4.00. The van der Waals surface area contributed by atoms with E-state index in [2.05, 4.69) is 16.1 Å². The fourth-order valence-electron chi connectivity index (χ4n) is 2.55. The first kappa shape index (κ1) is 16.8. The molecule has 0 radical (unpaired) electrons. The minimum atomic E-state index is -0.503. The van der Waals surface area contributed by atoms with Crippen LogP contribution in [-0.4, -0.2) is 34.3 Å². The number of carbonyl (C=O) groups excluding carboxylic acids is 1. The Labute approximate surface area is 132 Å². The highest BCUT2D eigenvalue weighted by molar-refractivity contribution is 5.67. The molecule has 0 aromatic carbocycles. The second kappa shape index (κ2) is 6.28. The summed E-state index contributed by atoms with van der Waals surface area (Å²) in [6.07, 6.45) is 5.05. The molecule has 1 unspecified atom stereocenters. The summed E-state index contributed by atoms with van der Waals surface area (Å²) in [5.74, 6) is 1.12. The summed E-state index contributed by atoms with van der Waals surface area (Å²) in [6.45, 7) is 9.41. The number of imidazole rings is 1. The van der Waals surface area contributed by atoms with Gasteiger partial charge in [-0.25, -0.2) is 9.78 Å². The van der Waals surface area contributed by atoms with E-state index >= 15 is 0 Å². The third-order valence-electron chi connectivity index (χ3n) is 4.00. The van der Waals surface area contributed by atoms with Crippen molar-refractivity contribution in [2.75, 3.05) is 13.1 Å². The van der Waals surface area contributed by atoms with Crippen LogP contribution in [-0.2, 0) is 23.1 Å². The van der Waals surface area contributed by atoms with Crippen molar-refractivity contribution < 1.29 is 9.53 Å². The number of amides is 1. The van der Waals surface area contributed by atoms with E-state index in [9.17, 15) is 4.79 Å². The molecule has 3 N–H and O–H groups in total. The lowest BCUT2D eigenvalue weighted by atomic mass is 9.87. The number of fused-ring (bicyclic) bond motifs is 1. The molecule has 0 saturated carbocycles. The second-order valence-electron chi connectivity index (χ2n) is 7.31. The maximum atomic E-state index is 11.8. The van der Waals surface area contributed by atoms with Crippen molar-refractivity contribution in [3.8, 4) is 0 Å². The summed E-state index contributed by atoms with van der Waals surface area (Å²) in [5, 5.41) is 2.82. The Bertz CT molecular complexity index is 509. The third kappa shape index (κ3) is 4.00. The Balaban J connectivity index is 2.05. The molecule has 0 saturated heterocycles. The van der Waals surface area contributed by atoms with Crippen molar-refractivity contribution in [3.63, 3.8) is 0 Å². The van der Waals surface area contributed by atoms with Gasteiger partial charge in [0.25, 0.3) is 0 Å². The molecule has 6 heteroatoms. The van der Waals surface area contributed by atoms with Crippen LogP contribution in [0.1, 0.15) is 52.1 Å². The van der Waals surface area contributed by atoms with E-state index in [1.165, 1.54) is 12.8 Å². The maximum absolute atomic E-state index is 11.8. The summed E-state index contributed by atoms with van der Waals surface area (Å²) in [7, 11) is 0. The standard InChI is InChI=1S/C16H28N4O2/c1-15(2,3)22-14(21)18-11-16(4,10-17)12-9-20-8-6-5-7-13(20)19-12/h9H,5-8,10-11,17H2,1-4H3,(H,18,21). The van der Waals surface area contributed by atoms with Crippen LogP contribution in [0, 0.1) is 0 Å². The summed E-state index contributed by atoms with van der Waals surface area (Å²) in [5.41, 5.74) is 6.03. The zero-order chi connectivity index (χ0) is 16.4. The highest BCUT2D eigenvalue weighted by Gasteiger charge is 2.31. The van der Waals surface area contributed by atoms with E-state index in [1.54, 1.807) is 0 Å². The molecule has 2 heterocycles. The molecule has 0 bridgehead atoms. The van der Waals surface area contributed by atoms with Gasteiger partial charge in [0.15, 0.2) is 0 Å². The van der Waals surface area contributed by atoms with Crippen LogP contribution in [0.15, 0.2) is 6.20 Å². The fraction of sp³-hybridized carbons (Fsp3) is 0.750. The van der Waals surface area contributed by atoms with Crippen LogP contribution in [0.5, 0.6) is 0 Å². The van der Waals surface area contributed by atoms with Gasteiger partial charge in [0.1, 0.15) is 11.4 Å². The number of hydrogen-bond donors (Lipinski definition) is 2. The van der Waals surface area contributed by atoms with Gasteiger partial charge in [0.05, 0.1) is 5.69 Å². The molecule has 1 aliphatic rings. The molecule has 1 aliphatic heterocycles. The highest BCUT2D eigenvalue weighted by atomic mass is 16.6. The van der Waals surface area contributed by atoms with Gasteiger partial charge in [0.2, 0.25) is 0 Å². The monoisotopic (exact) mass is 308 g/mol. The molecule has 0 fully saturated rings. The number of nitrogens with zero attached hydrogens (tertiary/aromatic N) is 2. The Morgan fingerprint density at radius 3 is 2.73 bits per heavy atom. The zero-order valence-corrected chi connectivity index (χ0v) is 14.1. The molecular weight excluding hydrogens is 280 g/mol. The first-order chi connectivity index (χ1) is 10.2. The number of carbonyl (C=O) groups is 1. The predicted molar refractivity (Wildman–Crippen MR) is 85.8 cm³/mol. The number of rotatable bonds is 4. The van der Waals surface area contributed by atoms with Crippen molar-refractivity contribution >= 4 is 6.09 Å². The summed E-state index contributed by atoms with van der Waals surface area (Å²) in [4.78, 5) is 16.6. The largest absolute Gasteiger partial charge is 0.444 e. The Morgan fingerprint density at radius 1 is 1.41 bits per heavy atom. The average molecular weight is 308 g/mol. The maximum Gasteiger partial charge on any atom is 0.407 e. The molecule has 1 aromatic heterocycles. The molecule has 1 aromatic rings. The van der Waals surface area contributed by atoms with Crippen molar-refractivity contribution in [1.29, 1.82) is 0 Å². The van der Waals surface area contributed by atoms with Crippen LogP contribution in [0.2, 0.25) is 0 Å². The van der Waals surface area contributed by atoms with Gasteiger partial charge in [-0.15, -0.1) is 0 Å². The molecule has 22 heavy (non-hydrogen) atoms. The number of hydrogen-bond acceptors (Lipinski definition) is 4. The number of nitrogens with two attached hydrogens (primary N) is 1. The lowest BCUT2D eigenvalue weighted by Crippen LogP contribution is -2.45. The molecule has 2 rings (SSSR count). The fourth-order valence-corrected chi connectivity index (χ4v) is 2.55. The van der Waals surface area contributed by atoms with Crippen LogP contribution >= 0.6 is 0 Å². The minimum absolute atomic E-state index is 0.388. The van der Waals surface area contributed by atoms with Crippen molar-refractivity contribution in [2.45, 2.75) is 64.5 Å². The van der Waals surface area contributed by atoms with Gasteiger partial charge in [-0.2, -0.15) is 0 Å². The van der Waals surface area contributed by atoms with E-state index in [0.29, 0.717) is 13.1 Å². The van der Waals surface area contributed by atoms with Gasteiger partial charge in [0, 0.05) is 37.7 Å². The topological polar surface area (TPSA) is 82.2 Å². The van der Waals surface area contributed by atoms with E-state index in [1.807, 2.05) is 27.7 Å². The lowest BCUT2D eigenvalue weighted by Gasteiger charge is -2.27. The van der Waals surface area contributed by atoms with Crippen molar-refractivity contribution in [1.82, 2.24) is 14.9 Å². The normalized spacial score (nSPS) is 17.5. The van der Waals surface area contributed by atoms with Gasteiger partial charge in [-0.3, -0.25) is 0 Å². The summed E-state index contributed by atoms with van der Waals surface area (Å²) >= 11 is 0. The van der Waals surface area contributed by atoms with E-state index in [4.69, 9.17) is 15.5 Å². The van der Waals surface area contributed by atoms with Gasteiger partial charge in [-0.1, -0.05) is 6.92 Å². The van der Waals surface area contributed by atoms with Crippen LogP contribution < -0.4 is 11.1 Å². The van der Waals surface area contributed by atoms with Crippen molar-refractivity contribution in [3.05, 3.63) is 17.7 Å². The summed E-state index contributed by atoms with van der Waals surface area (Å²) in [6, 6.07) is 0. The lowest BCUT2D eigenvalue weighted by molar-refractivity contribution is 0.0516. The van der Waals surface area contributed by atoms with Gasteiger partial charge in [-0.05, 0) is 33.6 Å². The van der Waals surface area contributed by atoms with Gasteiger partial charge >= 0.3 is 6.09 Å². The minimum Gasteiger partial charge on any atom is -0.444 e.